The van der Waals surface area contributed by atoms with Crippen LogP contribution in [0.15, 0.2) is 40.4 Å². The van der Waals surface area contributed by atoms with Gasteiger partial charge in [0.25, 0.3) is 5.56 Å². The van der Waals surface area contributed by atoms with Gasteiger partial charge in [0, 0.05) is 29.7 Å². The number of hydrogen-bond donors (Lipinski definition) is 1. The highest BCUT2D eigenvalue weighted by atomic mass is 16.1. The molecule has 1 heterocycles. The molecule has 0 aliphatic heterocycles. The Morgan fingerprint density at radius 2 is 2.00 bits per heavy atom. The molecule has 4 heteroatoms. The van der Waals surface area contributed by atoms with Crippen LogP contribution in [0.4, 0.5) is 5.69 Å². The zero-order valence-corrected chi connectivity index (χ0v) is 10.2. The van der Waals surface area contributed by atoms with E-state index >= 15 is 0 Å². The van der Waals surface area contributed by atoms with Crippen LogP contribution < -0.4 is 11.0 Å². The van der Waals surface area contributed by atoms with Gasteiger partial charge < -0.3 is 4.57 Å². The van der Waals surface area contributed by atoms with Crippen molar-refractivity contribution in [3.05, 3.63) is 40.8 Å². The predicted octanol–water partition coefficient (Wildman–Crippen LogP) is 2.35. The van der Waals surface area contributed by atoms with Crippen LogP contribution in [-0.2, 0) is 7.05 Å². The molecule has 1 aromatic heterocycles. The predicted molar refractivity (Wildman–Crippen MR) is 71.6 cm³/mol. The number of hydrazone groups is 1. The van der Waals surface area contributed by atoms with Gasteiger partial charge in [0.15, 0.2) is 0 Å². The molecule has 0 radical (unpaired) electrons. The van der Waals surface area contributed by atoms with Gasteiger partial charge in [-0.1, -0.05) is 6.07 Å². The molecule has 1 N–H and O–H groups in total. The summed E-state index contributed by atoms with van der Waals surface area (Å²) in [6, 6.07) is 7.51. The fourth-order valence-corrected chi connectivity index (χ4v) is 1.64. The Labute approximate surface area is 99.6 Å². The SMILES string of the molecule is CC(C)=NNc1cccc2c(=O)n(C)ccc12. The molecular weight excluding hydrogens is 214 g/mol. The summed E-state index contributed by atoms with van der Waals surface area (Å²) >= 11 is 0. The van der Waals surface area contributed by atoms with E-state index in [4.69, 9.17) is 0 Å². The van der Waals surface area contributed by atoms with Crippen molar-refractivity contribution in [2.24, 2.45) is 12.1 Å². The third-order valence-electron chi connectivity index (χ3n) is 2.52. The largest absolute Gasteiger partial charge is 0.318 e. The first-order valence-corrected chi connectivity index (χ1v) is 5.45. The first kappa shape index (κ1) is 11.4. The molecule has 4 nitrogen and oxygen atoms in total. The molecular formula is C13H15N3O. The lowest BCUT2D eigenvalue weighted by molar-refractivity contribution is 0.873. The minimum Gasteiger partial charge on any atom is -0.318 e. The van der Waals surface area contributed by atoms with Gasteiger partial charge in [-0.05, 0) is 32.0 Å². The van der Waals surface area contributed by atoms with Crippen molar-refractivity contribution in [3.8, 4) is 0 Å². The van der Waals surface area contributed by atoms with Gasteiger partial charge >= 0.3 is 0 Å². The molecule has 0 saturated carbocycles. The van der Waals surface area contributed by atoms with Crippen LogP contribution >= 0.6 is 0 Å². The van der Waals surface area contributed by atoms with Crippen molar-refractivity contribution in [1.82, 2.24) is 4.57 Å². The zero-order valence-electron chi connectivity index (χ0n) is 10.2. The van der Waals surface area contributed by atoms with Gasteiger partial charge in [-0.15, -0.1) is 0 Å². The fraction of sp³-hybridized carbons (Fsp3) is 0.231. The van der Waals surface area contributed by atoms with Crippen molar-refractivity contribution < 1.29 is 0 Å². The van der Waals surface area contributed by atoms with Crippen molar-refractivity contribution in [1.29, 1.82) is 0 Å². The van der Waals surface area contributed by atoms with Gasteiger partial charge in [-0.2, -0.15) is 5.10 Å². The number of rotatable bonds is 2. The minimum atomic E-state index is 0.00310. The van der Waals surface area contributed by atoms with Crippen molar-refractivity contribution in [2.75, 3.05) is 5.43 Å². The van der Waals surface area contributed by atoms with Crippen LogP contribution in [0.5, 0.6) is 0 Å². The van der Waals surface area contributed by atoms with Crippen LogP contribution in [0.25, 0.3) is 10.8 Å². The Hall–Kier alpha value is -2.10. The summed E-state index contributed by atoms with van der Waals surface area (Å²) < 4.78 is 1.57. The number of fused-ring (bicyclic) bond motifs is 1. The molecule has 0 atom stereocenters. The third-order valence-corrected chi connectivity index (χ3v) is 2.52. The van der Waals surface area contributed by atoms with Crippen molar-refractivity contribution >= 4 is 22.2 Å². The molecule has 88 valence electrons. The van der Waals surface area contributed by atoms with Crippen LogP contribution in [-0.4, -0.2) is 10.3 Å². The Balaban J connectivity index is 2.63. The summed E-state index contributed by atoms with van der Waals surface area (Å²) in [5, 5.41) is 5.74. The summed E-state index contributed by atoms with van der Waals surface area (Å²) in [7, 11) is 1.75. The van der Waals surface area contributed by atoms with E-state index in [0.717, 1.165) is 16.8 Å². The van der Waals surface area contributed by atoms with E-state index in [2.05, 4.69) is 10.5 Å². The second-order valence-electron chi connectivity index (χ2n) is 4.17. The maximum Gasteiger partial charge on any atom is 0.258 e. The lowest BCUT2D eigenvalue weighted by atomic mass is 10.1. The number of hydrogen-bond acceptors (Lipinski definition) is 3. The van der Waals surface area contributed by atoms with Crippen molar-refractivity contribution in [2.45, 2.75) is 13.8 Å². The molecule has 0 saturated heterocycles. The molecule has 0 amide bonds. The van der Waals surface area contributed by atoms with E-state index in [-0.39, 0.29) is 5.56 Å². The maximum atomic E-state index is 11.9. The normalized spacial score (nSPS) is 10.3. The number of benzene rings is 1. The molecule has 0 unspecified atom stereocenters. The average Bonchev–Trinajstić information content (AvgIpc) is 2.31. The number of nitrogens with one attached hydrogen (secondary N) is 1. The maximum absolute atomic E-state index is 11.9. The molecule has 0 fully saturated rings. The zero-order chi connectivity index (χ0) is 12.4. The highest BCUT2D eigenvalue weighted by Gasteiger charge is 2.03. The second kappa shape index (κ2) is 4.41. The first-order chi connectivity index (χ1) is 8.09. The minimum absolute atomic E-state index is 0.00310. The fourth-order valence-electron chi connectivity index (χ4n) is 1.64. The van der Waals surface area contributed by atoms with E-state index in [1.165, 1.54) is 0 Å². The monoisotopic (exact) mass is 229 g/mol. The Morgan fingerprint density at radius 3 is 2.71 bits per heavy atom. The molecule has 2 aromatic rings. The van der Waals surface area contributed by atoms with Crippen LogP contribution in [0.2, 0.25) is 0 Å². The van der Waals surface area contributed by atoms with Gasteiger partial charge in [0.05, 0.1) is 5.69 Å². The van der Waals surface area contributed by atoms with Gasteiger partial charge in [0.2, 0.25) is 0 Å². The number of anilines is 1. The van der Waals surface area contributed by atoms with Crippen LogP contribution in [0.3, 0.4) is 0 Å². The summed E-state index contributed by atoms with van der Waals surface area (Å²) in [5.74, 6) is 0. The smallest absolute Gasteiger partial charge is 0.258 e. The van der Waals surface area contributed by atoms with E-state index in [1.54, 1.807) is 17.8 Å². The lowest BCUT2D eigenvalue weighted by Gasteiger charge is -2.07. The molecule has 17 heavy (non-hydrogen) atoms. The first-order valence-electron chi connectivity index (χ1n) is 5.45. The summed E-state index contributed by atoms with van der Waals surface area (Å²) in [5.41, 5.74) is 4.76. The Bertz CT molecular complexity index is 637. The molecule has 0 spiro atoms. The topological polar surface area (TPSA) is 46.4 Å². The summed E-state index contributed by atoms with van der Waals surface area (Å²) in [4.78, 5) is 11.9. The van der Waals surface area contributed by atoms with E-state index < -0.39 is 0 Å². The Morgan fingerprint density at radius 1 is 1.24 bits per heavy atom. The molecule has 0 aliphatic rings. The van der Waals surface area contributed by atoms with Gasteiger partial charge in [-0.25, -0.2) is 0 Å². The van der Waals surface area contributed by atoms with Crippen LogP contribution in [0, 0.1) is 0 Å². The molecule has 0 aliphatic carbocycles. The van der Waals surface area contributed by atoms with Crippen LogP contribution in [0.1, 0.15) is 13.8 Å². The summed E-state index contributed by atoms with van der Waals surface area (Å²) in [6.07, 6.45) is 1.76. The van der Waals surface area contributed by atoms with Gasteiger partial charge in [-0.3, -0.25) is 10.2 Å². The average molecular weight is 229 g/mol. The molecule has 2 rings (SSSR count). The molecule has 0 bridgehead atoms. The lowest BCUT2D eigenvalue weighted by Crippen LogP contribution is -2.15. The third kappa shape index (κ3) is 2.20. The summed E-state index contributed by atoms with van der Waals surface area (Å²) in [6.45, 7) is 3.83. The molecule has 1 aromatic carbocycles. The van der Waals surface area contributed by atoms with E-state index in [1.807, 2.05) is 38.1 Å². The quantitative estimate of drug-likeness (QED) is 0.634. The number of pyridine rings is 1. The standard InChI is InChI=1S/C13H15N3O/c1-9(2)14-15-12-6-4-5-11-10(12)7-8-16(3)13(11)17/h4-8,15H,1-3H3. The second-order valence-corrected chi connectivity index (χ2v) is 4.17. The highest BCUT2D eigenvalue weighted by molar-refractivity contribution is 5.93. The van der Waals surface area contributed by atoms with Gasteiger partial charge in [0.1, 0.15) is 0 Å². The number of nitrogens with zero attached hydrogens (tertiary/aromatic N) is 2. The Kier molecular flexibility index (Phi) is 2.95. The van der Waals surface area contributed by atoms with Crippen molar-refractivity contribution in [3.63, 3.8) is 0 Å². The number of aromatic nitrogens is 1. The van der Waals surface area contributed by atoms with E-state index in [9.17, 15) is 4.79 Å². The number of aryl methyl sites for hydroxylation is 1. The van der Waals surface area contributed by atoms with E-state index in [0.29, 0.717) is 5.39 Å². The highest BCUT2D eigenvalue weighted by Crippen LogP contribution is 2.20.